The van der Waals surface area contributed by atoms with Crippen LogP contribution >= 0.6 is 23.2 Å². The highest BCUT2D eigenvalue weighted by Crippen LogP contribution is 2.42. The molecular weight excluding hydrogens is 265 g/mol. The summed E-state index contributed by atoms with van der Waals surface area (Å²) in [5, 5.41) is 5.26. The van der Waals surface area contributed by atoms with Crippen LogP contribution < -0.4 is 5.32 Å². The monoisotopic (exact) mass is 285 g/mol. The summed E-state index contributed by atoms with van der Waals surface area (Å²) in [6.45, 7) is 5.60. The van der Waals surface area contributed by atoms with Crippen molar-refractivity contribution in [3.8, 4) is 0 Å². The molecule has 0 aliphatic heterocycles. The Bertz CT molecular complexity index is 405. The summed E-state index contributed by atoms with van der Waals surface area (Å²) in [5.41, 5.74) is 1.16. The zero-order valence-electron chi connectivity index (χ0n) is 11.0. The molecule has 0 amide bonds. The summed E-state index contributed by atoms with van der Waals surface area (Å²) in [4.78, 5) is 0. The van der Waals surface area contributed by atoms with Gasteiger partial charge in [0.05, 0.1) is 0 Å². The molecule has 18 heavy (non-hydrogen) atoms. The maximum absolute atomic E-state index is 6.25. The fourth-order valence-electron chi connectivity index (χ4n) is 2.55. The van der Waals surface area contributed by atoms with Gasteiger partial charge in [0.15, 0.2) is 0 Å². The maximum Gasteiger partial charge on any atom is 0.0439 e. The zero-order valence-corrected chi connectivity index (χ0v) is 12.6. The summed E-state index contributed by atoms with van der Waals surface area (Å²) in [6.07, 6.45) is 3.48. The molecule has 1 saturated carbocycles. The lowest BCUT2D eigenvalue weighted by Gasteiger charge is -2.19. The SMILES string of the molecule is CCCNC(Cc1cc(Cl)ccc1Cl)C1CC1C. The lowest BCUT2D eigenvalue weighted by Crippen LogP contribution is -2.34. The Hall–Kier alpha value is -0.240. The van der Waals surface area contributed by atoms with E-state index in [4.69, 9.17) is 23.2 Å². The van der Waals surface area contributed by atoms with Crippen LogP contribution in [0, 0.1) is 11.8 Å². The van der Waals surface area contributed by atoms with Crippen LogP contribution in [-0.4, -0.2) is 12.6 Å². The second-order valence-corrected chi connectivity index (χ2v) is 6.22. The normalized spacial score (nSPS) is 24.0. The molecule has 1 N–H and O–H groups in total. The lowest BCUT2D eigenvalue weighted by molar-refractivity contribution is 0.443. The second kappa shape index (κ2) is 6.27. The Morgan fingerprint density at radius 3 is 2.72 bits per heavy atom. The molecule has 3 unspecified atom stereocenters. The van der Waals surface area contributed by atoms with Gasteiger partial charge < -0.3 is 5.32 Å². The molecule has 1 aromatic carbocycles. The van der Waals surface area contributed by atoms with Gasteiger partial charge in [-0.15, -0.1) is 0 Å². The standard InChI is InChI=1S/C15H21Cl2N/c1-3-6-18-15(13-7-10(13)2)9-11-8-12(16)4-5-14(11)17/h4-5,8,10,13,15,18H,3,6-7,9H2,1-2H3. The van der Waals surface area contributed by atoms with Crippen LogP contribution in [-0.2, 0) is 6.42 Å². The predicted molar refractivity (Wildman–Crippen MR) is 79.5 cm³/mol. The molecule has 1 aliphatic carbocycles. The zero-order chi connectivity index (χ0) is 13.1. The lowest BCUT2D eigenvalue weighted by atomic mass is 10.0. The second-order valence-electron chi connectivity index (χ2n) is 5.38. The highest BCUT2D eigenvalue weighted by atomic mass is 35.5. The summed E-state index contributed by atoms with van der Waals surface area (Å²) in [6, 6.07) is 6.28. The minimum absolute atomic E-state index is 0.538. The van der Waals surface area contributed by atoms with Crippen LogP contribution in [0.1, 0.15) is 32.3 Å². The molecule has 0 heterocycles. The molecule has 1 nitrogen and oxygen atoms in total. The Morgan fingerprint density at radius 2 is 2.11 bits per heavy atom. The number of halogens is 2. The van der Waals surface area contributed by atoms with E-state index in [0.717, 1.165) is 40.4 Å². The van der Waals surface area contributed by atoms with E-state index in [-0.39, 0.29) is 0 Å². The van der Waals surface area contributed by atoms with Crippen LogP contribution in [0.15, 0.2) is 18.2 Å². The molecule has 1 aliphatic rings. The molecule has 3 atom stereocenters. The highest BCUT2D eigenvalue weighted by molar-refractivity contribution is 6.33. The van der Waals surface area contributed by atoms with E-state index < -0.39 is 0 Å². The van der Waals surface area contributed by atoms with Gasteiger partial charge in [-0.2, -0.15) is 0 Å². The minimum atomic E-state index is 0.538. The van der Waals surface area contributed by atoms with Crippen molar-refractivity contribution in [3.05, 3.63) is 33.8 Å². The van der Waals surface area contributed by atoms with Crippen molar-refractivity contribution >= 4 is 23.2 Å². The fourth-order valence-corrected chi connectivity index (χ4v) is 2.94. The third-order valence-corrected chi connectivity index (χ3v) is 4.40. The first kappa shape index (κ1) is 14.2. The number of benzene rings is 1. The van der Waals surface area contributed by atoms with Crippen molar-refractivity contribution < 1.29 is 0 Å². The Morgan fingerprint density at radius 1 is 1.39 bits per heavy atom. The van der Waals surface area contributed by atoms with Crippen molar-refractivity contribution in [2.45, 2.75) is 39.2 Å². The van der Waals surface area contributed by atoms with Crippen LogP contribution in [0.5, 0.6) is 0 Å². The van der Waals surface area contributed by atoms with Crippen molar-refractivity contribution in [1.29, 1.82) is 0 Å². The van der Waals surface area contributed by atoms with Crippen molar-refractivity contribution in [2.75, 3.05) is 6.54 Å². The van der Waals surface area contributed by atoms with Crippen molar-refractivity contribution in [2.24, 2.45) is 11.8 Å². The first-order valence-corrected chi connectivity index (χ1v) is 7.54. The number of rotatable bonds is 6. The highest BCUT2D eigenvalue weighted by Gasteiger charge is 2.39. The summed E-state index contributed by atoms with van der Waals surface area (Å²) in [7, 11) is 0. The predicted octanol–water partition coefficient (Wildman–Crippen LogP) is 4.56. The third kappa shape index (κ3) is 3.63. The fraction of sp³-hybridized carbons (Fsp3) is 0.600. The van der Waals surface area contributed by atoms with E-state index in [1.54, 1.807) is 0 Å². The van der Waals surface area contributed by atoms with E-state index in [0.29, 0.717) is 6.04 Å². The van der Waals surface area contributed by atoms with Crippen LogP contribution in [0.3, 0.4) is 0 Å². The number of hydrogen-bond acceptors (Lipinski definition) is 1. The van der Waals surface area contributed by atoms with Crippen LogP contribution in [0.4, 0.5) is 0 Å². The van der Waals surface area contributed by atoms with Gasteiger partial charge in [0.2, 0.25) is 0 Å². The van der Waals surface area contributed by atoms with E-state index in [1.807, 2.05) is 18.2 Å². The molecule has 1 fully saturated rings. The molecule has 0 aromatic heterocycles. The van der Waals surface area contributed by atoms with Gasteiger partial charge in [0.25, 0.3) is 0 Å². The summed E-state index contributed by atoms with van der Waals surface area (Å²) < 4.78 is 0. The quantitative estimate of drug-likeness (QED) is 0.808. The molecule has 0 spiro atoms. The minimum Gasteiger partial charge on any atom is -0.313 e. The first-order valence-electron chi connectivity index (χ1n) is 6.79. The maximum atomic E-state index is 6.25. The molecule has 0 bridgehead atoms. The van der Waals surface area contributed by atoms with Crippen LogP contribution in [0.25, 0.3) is 0 Å². The number of nitrogens with one attached hydrogen (secondary N) is 1. The Labute approximate surface area is 120 Å². The van der Waals surface area contributed by atoms with E-state index in [9.17, 15) is 0 Å². The van der Waals surface area contributed by atoms with Gasteiger partial charge in [0.1, 0.15) is 0 Å². The number of hydrogen-bond donors (Lipinski definition) is 1. The molecule has 1 aromatic rings. The summed E-state index contributed by atoms with van der Waals surface area (Å²) in [5.74, 6) is 1.64. The molecule has 2 rings (SSSR count). The molecule has 3 heteroatoms. The molecule has 0 radical (unpaired) electrons. The van der Waals surface area contributed by atoms with Gasteiger partial charge in [-0.1, -0.05) is 37.0 Å². The van der Waals surface area contributed by atoms with Crippen LogP contribution in [0.2, 0.25) is 10.0 Å². The van der Waals surface area contributed by atoms with Gasteiger partial charge >= 0.3 is 0 Å². The topological polar surface area (TPSA) is 12.0 Å². The first-order chi connectivity index (χ1) is 8.61. The van der Waals surface area contributed by atoms with Gasteiger partial charge in [-0.25, -0.2) is 0 Å². The van der Waals surface area contributed by atoms with Gasteiger partial charge in [-0.05, 0) is 61.4 Å². The largest absolute Gasteiger partial charge is 0.313 e. The smallest absolute Gasteiger partial charge is 0.0439 e. The van der Waals surface area contributed by atoms with Gasteiger partial charge in [-0.3, -0.25) is 0 Å². The average molecular weight is 286 g/mol. The molecule has 0 saturated heterocycles. The van der Waals surface area contributed by atoms with E-state index >= 15 is 0 Å². The van der Waals surface area contributed by atoms with E-state index in [2.05, 4.69) is 19.2 Å². The average Bonchev–Trinajstić information content (AvgIpc) is 3.06. The Kier molecular flexibility index (Phi) is 4.94. The molecule has 100 valence electrons. The van der Waals surface area contributed by atoms with E-state index in [1.165, 1.54) is 12.8 Å². The molecular formula is C15H21Cl2N. The Balaban J connectivity index is 2.05. The van der Waals surface area contributed by atoms with Gasteiger partial charge in [0, 0.05) is 16.1 Å². The van der Waals surface area contributed by atoms with Crippen molar-refractivity contribution in [1.82, 2.24) is 5.32 Å². The van der Waals surface area contributed by atoms with Crippen molar-refractivity contribution in [3.63, 3.8) is 0 Å². The third-order valence-electron chi connectivity index (χ3n) is 3.79. The summed E-state index contributed by atoms with van der Waals surface area (Å²) >= 11 is 12.3.